The molecule has 1 saturated carbocycles. The quantitative estimate of drug-likeness (QED) is 0.469. The summed E-state index contributed by atoms with van der Waals surface area (Å²) in [5, 5.41) is 13.3. The number of carboxylic acids is 1. The second-order valence-electron chi connectivity index (χ2n) is 8.84. The molecule has 10 heteroatoms. The number of halogens is 1. The lowest BCUT2D eigenvalue weighted by molar-refractivity contribution is -0.137. The van der Waals surface area contributed by atoms with E-state index in [2.05, 4.69) is 33.4 Å². The molecule has 176 valence electrons. The third-order valence-corrected chi connectivity index (χ3v) is 6.73. The summed E-state index contributed by atoms with van der Waals surface area (Å²) in [6, 6.07) is 2.34. The zero-order chi connectivity index (χ0) is 23.3. The highest BCUT2D eigenvalue weighted by Gasteiger charge is 2.29. The average Bonchev–Trinajstić information content (AvgIpc) is 3.16. The van der Waals surface area contributed by atoms with E-state index in [0.717, 1.165) is 49.3 Å². The number of carboxylic acid groups (broad SMARTS) is 1. The molecule has 2 aromatic rings. The van der Waals surface area contributed by atoms with Gasteiger partial charge in [0.15, 0.2) is 5.82 Å². The molecule has 0 amide bonds. The van der Waals surface area contributed by atoms with E-state index in [1.54, 1.807) is 13.3 Å². The SMILES string of the molecule is CO[C@H]1CC[C@@H](N(CC(C)C)c2ncc([C@H](C)CC(=O)O)cc2Nc2nc(Cl)ns2)CC1. The van der Waals surface area contributed by atoms with Crippen molar-refractivity contribution < 1.29 is 14.6 Å². The normalized spacial score (nSPS) is 19.7. The van der Waals surface area contributed by atoms with Crippen molar-refractivity contribution in [1.29, 1.82) is 0 Å². The number of pyridine rings is 1. The second kappa shape index (κ2) is 11.2. The zero-order valence-corrected chi connectivity index (χ0v) is 20.6. The van der Waals surface area contributed by atoms with Gasteiger partial charge in [-0.3, -0.25) is 4.79 Å². The van der Waals surface area contributed by atoms with Crippen LogP contribution >= 0.6 is 23.1 Å². The van der Waals surface area contributed by atoms with Crippen molar-refractivity contribution >= 4 is 45.7 Å². The Labute approximate surface area is 198 Å². The predicted molar refractivity (Wildman–Crippen MR) is 128 cm³/mol. The van der Waals surface area contributed by atoms with Gasteiger partial charge in [-0.15, -0.1) is 0 Å². The molecule has 1 atom stereocenters. The van der Waals surface area contributed by atoms with Gasteiger partial charge in [-0.2, -0.15) is 9.36 Å². The first kappa shape index (κ1) is 24.7. The van der Waals surface area contributed by atoms with E-state index in [4.69, 9.17) is 21.3 Å². The number of nitrogens with one attached hydrogen (secondary N) is 1. The molecule has 8 nitrogen and oxygen atoms in total. The van der Waals surface area contributed by atoms with E-state index in [9.17, 15) is 9.90 Å². The van der Waals surface area contributed by atoms with Crippen molar-refractivity contribution in [1.82, 2.24) is 14.3 Å². The third-order valence-electron chi connectivity index (χ3n) is 5.83. The molecule has 2 aromatic heterocycles. The fourth-order valence-electron chi connectivity index (χ4n) is 4.21. The van der Waals surface area contributed by atoms with Gasteiger partial charge < -0.3 is 20.1 Å². The number of aliphatic carboxylic acids is 1. The molecule has 0 saturated heterocycles. The van der Waals surface area contributed by atoms with E-state index < -0.39 is 5.97 Å². The molecule has 0 unspecified atom stereocenters. The van der Waals surface area contributed by atoms with E-state index in [-0.39, 0.29) is 17.6 Å². The minimum Gasteiger partial charge on any atom is -0.481 e. The number of hydrogen-bond acceptors (Lipinski definition) is 8. The molecule has 32 heavy (non-hydrogen) atoms. The smallest absolute Gasteiger partial charge is 0.303 e. The molecule has 1 fully saturated rings. The van der Waals surface area contributed by atoms with Crippen LogP contribution < -0.4 is 10.2 Å². The summed E-state index contributed by atoms with van der Waals surface area (Å²) in [4.78, 5) is 22.7. The molecule has 0 radical (unpaired) electrons. The predicted octanol–water partition coefficient (Wildman–Crippen LogP) is 5.33. The van der Waals surface area contributed by atoms with E-state index in [0.29, 0.717) is 23.2 Å². The Morgan fingerprint density at radius 3 is 2.62 bits per heavy atom. The Hall–Kier alpha value is -1.97. The lowest BCUT2D eigenvalue weighted by atomic mass is 9.91. The molecular formula is C22H32ClN5O3S. The van der Waals surface area contributed by atoms with Gasteiger partial charge in [-0.05, 0) is 60.7 Å². The maximum Gasteiger partial charge on any atom is 0.303 e. The van der Waals surface area contributed by atoms with Crippen molar-refractivity contribution in [2.45, 2.75) is 70.9 Å². The van der Waals surface area contributed by atoms with Crippen LogP contribution in [0.1, 0.15) is 64.4 Å². The van der Waals surface area contributed by atoms with Gasteiger partial charge in [-0.1, -0.05) is 20.8 Å². The fourth-order valence-corrected chi connectivity index (χ4v) is 4.93. The summed E-state index contributed by atoms with van der Waals surface area (Å²) < 4.78 is 9.61. The molecule has 2 heterocycles. The summed E-state index contributed by atoms with van der Waals surface area (Å²) in [6.07, 6.45) is 6.29. The number of aromatic nitrogens is 3. The number of nitrogens with zero attached hydrogens (tertiary/aromatic N) is 4. The minimum absolute atomic E-state index is 0.0435. The highest BCUT2D eigenvalue weighted by molar-refractivity contribution is 7.10. The van der Waals surface area contributed by atoms with Crippen molar-refractivity contribution in [3.63, 3.8) is 0 Å². The van der Waals surface area contributed by atoms with Crippen molar-refractivity contribution in [2.24, 2.45) is 5.92 Å². The Bertz CT molecular complexity index is 901. The second-order valence-corrected chi connectivity index (χ2v) is 9.93. The van der Waals surface area contributed by atoms with Crippen LogP contribution in [0.5, 0.6) is 0 Å². The molecule has 0 aromatic carbocycles. The summed E-state index contributed by atoms with van der Waals surface area (Å²) in [7, 11) is 1.78. The van der Waals surface area contributed by atoms with Crippen molar-refractivity contribution in [3.8, 4) is 0 Å². The highest BCUT2D eigenvalue weighted by atomic mass is 35.5. The lowest BCUT2D eigenvalue weighted by Crippen LogP contribution is -2.42. The first-order chi connectivity index (χ1) is 15.3. The topological polar surface area (TPSA) is 100 Å². The largest absolute Gasteiger partial charge is 0.481 e. The Morgan fingerprint density at radius 1 is 1.34 bits per heavy atom. The van der Waals surface area contributed by atoms with Crippen molar-refractivity contribution in [2.75, 3.05) is 23.9 Å². The number of rotatable bonds is 10. The Morgan fingerprint density at radius 2 is 2.06 bits per heavy atom. The molecule has 2 N–H and O–H groups in total. The Kier molecular flexibility index (Phi) is 8.67. The van der Waals surface area contributed by atoms with Crippen LogP contribution in [0.25, 0.3) is 0 Å². The molecule has 1 aliphatic rings. The molecular weight excluding hydrogens is 450 g/mol. The van der Waals surface area contributed by atoms with Crippen LogP contribution in [0.2, 0.25) is 5.28 Å². The van der Waals surface area contributed by atoms with E-state index >= 15 is 0 Å². The van der Waals surface area contributed by atoms with E-state index in [1.807, 2.05) is 13.0 Å². The lowest BCUT2D eigenvalue weighted by Gasteiger charge is -2.39. The van der Waals surface area contributed by atoms with Gasteiger partial charge in [0.05, 0.1) is 18.2 Å². The van der Waals surface area contributed by atoms with Crippen LogP contribution in [0, 0.1) is 5.92 Å². The fraction of sp³-hybridized carbons (Fsp3) is 0.636. The zero-order valence-electron chi connectivity index (χ0n) is 19.0. The molecule has 0 spiro atoms. The number of hydrogen-bond donors (Lipinski definition) is 2. The van der Waals surface area contributed by atoms with Gasteiger partial charge in [0, 0.05) is 37.4 Å². The maximum absolute atomic E-state index is 11.2. The Balaban J connectivity index is 1.96. The average molecular weight is 482 g/mol. The standard InChI is InChI=1S/C22H32ClN5O3S/c1-13(2)12-28(16-5-7-17(31-4)8-6-16)20-18(25-22-26-21(23)27-32-22)10-15(11-24-20)14(3)9-19(29)30/h10-11,13-14,16-17H,5-9,12H2,1-4H3,(H,29,30)(H,25,26,27)/t14-,16-,17+/m1/s1. The summed E-state index contributed by atoms with van der Waals surface area (Å²) in [5.74, 6) is 0.301. The third kappa shape index (κ3) is 6.52. The van der Waals surface area contributed by atoms with E-state index in [1.165, 1.54) is 11.5 Å². The first-order valence-corrected chi connectivity index (χ1v) is 12.2. The number of ether oxygens (including phenoxy) is 1. The maximum atomic E-state index is 11.2. The first-order valence-electron chi connectivity index (χ1n) is 11.0. The van der Waals surface area contributed by atoms with Crippen LogP contribution in [0.4, 0.5) is 16.6 Å². The summed E-state index contributed by atoms with van der Waals surface area (Å²) >= 11 is 7.11. The summed E-state index contributed by atoms with van der Waals surface area (Å²) in [6.45, 7) is 7.17. The molecule has 1 aliphatic carbocycles. The number of carbonyl (C=O) groups is 1. The van der Waals surface area contributed by atoms with Gasteiger partial charge in [0.2, 0.25) is 10.4 Å². The van der Waals surface area contributed by atoms with Gasteiger partial charge in [-0.25, -0.2) is 4.98 Å². The minimum atomic E-state index is -0.830. The number of methoxy groups -OCH3 is 1. The van der Waals surface area contributed by atoms with Crippen LogP contribution in [-0.2, 0) is 9.53 Å². The van der Waals surface area contributed by atoms with Gasteiger partial charge in [0.1, 0.15) is 0 Å². The molecule has 0 bridgehead atoms. The number of anilines is 3. The van der Waals surface area contributed by atoms with Crippen LogP contribution in [-0.4, -0.2) is 51.2 Å². The van der Waals surface area contributed by atoms with Crippen LogP contribution in [0.3, 0.4) is 0 Å². The van der Waals surface area contributed by atoms with Gasteiger partial charge in [0.25, 0.3) is 0 Å². The molecule has 3 rings (SSSR count). The van der Waals surface area contributed by atoms with Crippen molar-refractivity contribution in [3.05, 3.63) is 23.1 Å². The highest BCUT2D eigenvalue weighted by Crippen LogP contribution is 2.36. The van der Waals surface area contributed by atoms with Gasteiger partial charge >= 0.3 is 5.97 Å². The monoisotopic (exact) mass is 481 g/mol. The molecule has 0 aliphatic heterocycles. The summed E-state index contributed by atoms with van der Waals surface area (Å²) in [5.41, 5.74) is 1.66. The van der Waals surface area contributed by atoms with Crippen LogP contribution in [0.15, 0.2) is 12.3 Å².